The van der Waals surface area contributed by atoms with Crippen molar-refractivity contribution >= 4 is 22.6 Å². The van der Waals surface area contributed by atoms with Gasteiger partial charge in [-0.2, -0.15) is 0 Å². The van der Waals surface area contributed by atoms with Crippen LogP contribution in [-0.2, 0) is 4.74 Å². The molecule has 0 fully saturated rings. The van der Waals surface area contributed by atoms with E-state index in [1.165, 1.54) is 0 Å². The standard InChI is InChI=1S/C23H25NO5/c1-15(13-14-25)22(20-11-12-21(26)19-6-4-3-5-18(19)20)29-23(27)24-16-7-9-17(28-2)10-8-16/h3-12,15,22,25-26H,13-14H2,1-2H3,(H,24,27)/t15-,22-/m0/s1. The molecule has 3 N–H and O–H groups in total. The molecule has 3 aromatic rings. The molecule has 0 aliphatic heterocycles. The minimum absolute atomic E-state index is 0.0167. The van der Waals surface area contributed by atoms with Crippen LogP contribution in [0.2, 0.25) is 0 Å². The van der Waals surface area contributed by atoms with Gasteiger partial charge >= 0.3 is 6.09 Å². The van der Waals surface area contributed by atoms with Crippen LogP contribution in [0.25, 0.3) is 10.8 Å². The van der Waals surface area contributed by atoms with Crippen molar-refractivity contribution in [1.82, 2.24) is 0 Å². The second-order valence-corrected chi connectivity index (χ2v) is 6.89. The fourth-order valence-electron chi connectivity index (χ4n) is 3.33. The van der Waals surface area contributed by atoms with Crippen LogP contribution in [0.3, 0.4) is 0 Å². The fourth-order valence-corrected chi connectivity index (χ4v) is 3.33. The number of amides is 1. The normalized spacial score (nSPS) is 12.9. The van der Waals surface area contributed by atoms with Crippen molar-refractivity contribution in [3.05, 3.63) is 66.2 Å². The van der Waals surface area contributed by atoms with E-state index < -0.39 is 12.2 Å². The first-order valence-electron chi connectivity index (χ1n) is 9.46. The fraction of sp³-hybridized carbons (Fsp3) is 0.261. The summed E-state index contributed by atoms with van der Waals surface area (Å²) in [6.45, 7) is 1.90. The molecular weight excluding hydrogens is 370 g/mol. The molecule has 0 bridgehead atoms. The quantitative estimate of drug-likeness (QED) is 0.532. The van der Waals surface area contributed by atoms with Crippen molar-refractivity contribution in [3.63, 3.8) is 0 Å². The first-order chi connectivity index (χ1) is 14.0. The minimum atomic E-state index is -0.595. The van der Waals surface area contributed by atoms with Gasteiger partial charge in [0.05, 0.1) is 7.11 Å². The van der Waals surface area contributed by atoms with Crippen molar-refractivity contribution in [2.45, 2.75) is 19.4 Å². The number of benzene rings is 3. The molecule has 0 unspecified atom stereocenters. The summed E-state index contributed by atoms with van der Waals surface area (Å²) in [4.78, 5) is 12.6. The molecule has 0 radical (unpaired) electrons. The van der Waals surface area contributed by atoms with Gasteiger partial charge < -0.3 is 19.7 Å². The van der Waals surface area contributed by atoms with Gasteiger partial charge in [-0.3, -0.25) is 5.32 Å². The van der Waals surface area contributed by atoms with Crippen molar-refractivity contribution in [3.8, 4) is 11.5 Å². The zero-order chi connectivity index (χ0) is 20.8. The summed E-state index contributed by atoms with van der Waals surface area (Å²) in [6, 6.07) is 17.7. The van der Waals surface area contributed by atoms with Crippen LogP contribution in [0, 0.1) is 5.92 Å². The predicted molar refractivity (Wildman–Crippen MR) is 112 cm³/mol. The zero-order valence-corrected chi connectivity index (χ0v) is 16.5. The molecule has 152 valence electrons. The van der Waals surface area contributed by atoms with Gasteiger partial charge in [0.15, 0.2) is 0 Å². The molecular formula is C23H25NO5. The van der Waals surface area contributed by atoms with Gasteiger partial charge in [0.1, 0.15) is 17.6 Å². The maximum atomic E-state index is 12.6. The number of carbonyl (C=O) groups is 1. The molecule has 0 aliphatic rings. The molecule has 2 atom stereocenters. The number of phenolic OH excluding ortho intramolecular Hbond substituents is 1. The highest BCUT2D eigenvalue weighted by atomic mass is 16.6. The highest BCUT2D eigenvalue weighted by Crippen LogP contribution is 2.36. The van der Waals surface area contributed by atoms with Gasteiger partial charge in [-0.15, -0.1) is 0 Å². The van der Waals surface area contributed by atoms with Crippen molar-refractivity contribution in [2.75, 3.05) is 19.0 Å². The Balaban J connectivity index is 1.88. The Kier molecular flexibility index (Phi) is 6.57. The van der Waals surface area contributed by atoms with Gasteiger partial charge in [0.2, 0.25) is 0 Å². The van der Waals surface area contributed by atoms with E-state index >= 15 is 0 Å². The number of anilines is 1. The van der Waals surface area contributed by atoms with Gasteiger partial charge in [-0.05, 0) is 48.1 Å². The Morgan fingerprint density at radius 2 is 1.72 bits per heavy atom. The van der Waals surface area contributed by atoms with E-state index in [0.29, 0.717) is 23.2 Å². The first kappa shape index (κ1) is 20.5. The lowest BCUT2D eigenvalue weighted by molar-refractivity contribution is 0.0676. The van der Waals surface area contributed by atoms with Gasteiger partial charge in [0.25, 0.3) is 0 Å². The predicted octanol–water partition coefficient (Wildman–Crippen LogP) is 4.86. The lowest BCUT2D eigenvalue weighted by atomic mass is 9.91. The van der Waals surface area contributed by atoms with Crippen LogP contribution in [0.1, 0.15) is 25.0 Å². The van der Waals surface area contributed by atoms with Gasteiger partial charge in [0, 0.05) is 23.2 Å². The number of aromatic hydroxyl groups is 1. The van der Waals surface area contributed by atoms with Crippen LogP contribution in [0.15, 0.2) is 60.7 Å². The third kappa shape index (κ3) is 4.78. The number of hydrogen-bond acceptors (Lipinski definition) is 5. The Bertz CT molecular complexity index is 971. The summed E-state index contributed by atoms with van der Waals surface area (Å²) in [5, 5.41) is 23.8. The summed E-state index contributed by atoms with van der Waals surface area (Å²) in [5.74, 6) is 0.726. The lowest BCUT2D eigenvalue weighted by Gasteiger charge is -2.25. The Morgan fingerprint density at radius 3 is 2.38 bits per heavy atom. The Labute approximate surface area is 169 Å². The number of methoxy groups -OCH3 is 1. The number of carbonyl (C=O) groups excluding carboxylic acids is 1. The topological polar surface area (TPSA) is 88.0 Å². The third-order valence-corrected chi connectivity index (χ3v) is 4.91. The summed E-state index contributed by atoms with van der Waals surface area (Å²) < 4.78 is 10.9. The number of aliphatic hydroxyl groups is 1. The molecule has 0 aliphatic carbocycles. The van der Waals surface area contributed by atoms with E-state index in [-0.39, 0.29) is 18.3 Å². The van der Waals surface area contributed by atoms with Crippen LogP contribution in [0.5, 0.6) is 11.5 Å². The van der Waals surface area contributed by atoms with Crippen molar-refractivity contribution in [2.24, 2.45) is 5.92 Å². The molecule has 0 saturated carbocycles. The van der Waals surface area contributed by atoms with E-state index in [2.05, 4.69) is 5.32 Å². The van der Waals surface area contributed by atoms with Gasteiger partial charge in [-0.25, -0.2) is 4.79 Å². The Hall–Kier alpha value is -3.25. The number of ether oxygens (including phenoxy) is 2. The highest BCUT2D eigenvalue weighted by molar-refractivity contribution is 5.91. The van der Waals surface area contributed by atoms with Crippen molar-refractivity contribution in [1.29, 1.82) is 0 Å². The summed E-state index contributed by atoms with van der Waals surface area (Å²) >= 11 is 0. The Morgan fingerprint density at radius 1 is 1.03 bits per heavy atom. The molecule has 6 nitrogen and oxygen atoms in total. The van der Waals surface area contributed by atoms with Crippen LogP contribution >= 0.6 is 0 Å². The van der Waals surface area contributed by atoms with E-state index in [4.69, 9.17) is 9.47 Å². The third-order valence-electron chi connectivity index (χ3n) is 4.91. The number of fused-ring (bicyclic) bond motifs is 1. The molecule has 3 aromatic carbocycles. The van der Waals surface area contributed by atoms with Crippen LogP contribution < -0.4 is 10.1 Å². The maximum Gasteiger partial charge on any atom is 0.412 e. The lowest BCUT2D eigenvalue weighted by Crippen LogP contribution is -2.22. The smallest absolute Gasteiger partial charge is 0.412 e. The molecule has 0 spiro atoms. The monoisotopic (exact) mass is 395 g/mol. The van der Waals surface area contributed by atoms with Gasteiger partial charge in [-0.1, -0.05) is 37.3 Å². The molecule has 6 heteroatoms. The van der Waals surface area contributed by atoms with E-state index in [1.54, 1.807) is 43.5 Å². The molecule has 29 heavy (non-hydrogen) atoms. The van der Waals surface area contributed by atoms with Crippen LogP contribution in [0.4, 0.5) is 10.5 Å². The zero-order valence-electron chi connectivity index (χ0n) is 16.5. The van der Waals surface area contributed by atoms with E-state index in [1.807, 2.05) is 31.2 Å². The number of hydrogen-bond donors (Lipinski definition) is 3. The summed E-state index contributed by atoms with van der Waals surface area (Å²) in [6.07, 6.45) is -0.719. The molecule has 1 amide bonds. The molecule has 3 rings (SSSR count). The van der Waals surface area contributed by atoms with E-state index in [0.717, 1.165) is 10.9 Å². The first-order valence-corrected chi connectivity index (χ1v) is 9.46. The second kappa shape index (κ2) is 9.30. The minimum Gasteiger partial charge on any atom is -0.507 e. The molecule has 0 saturated heterocycles. The number of nitrogens with one attached hydrogen (secondary N) is 1. The van der Waals surface area contributed by atoms with Crippen molar-refractivity contribution < 1.29 is 24.5 Å². The number of aliphatic hydroxyl groups excluding tert-OH is 1. The summed E-state index contributed by atoms with van der Waals surface area (Å²) in [7, 11) is 1.58. The molecule has 0 aromatic heterocycles. The van der Waals surface area contributed by atoms with Crippen LogP contribution in [-0.4, -0.2) is 30.0 Å². The average molecular weight is 395 g/mol. The average Bonchev–Trinajstić information content (AvgIpc) is 2.73. The largest absolute Gasteiger partial charge is 0.507 e. The number of phenols is 1. The molecule has 0 heterocycles. The number of rotatable bonds is 7. The maximum absolute atomic E-state index is 12.6. The highest BCUT2D eigenvalue weighted by Gasteiger charge is 2.26. The second-order valence-electron chi connectivity index (χ2n) is 6.89. The SMILES string of the molecule is COc1ccc(NC(=O)O[C@H](c2ccc(O)c3ccccc23)[C@@H](C)CCO)cc1. The van der Waals surface area contributed by atoms with E-state index in [9.17, 15) is 15.0 Å². The summed E-state index contributed by atoms with van der Waals surface area (Å²) in [5.41, 5.74) is 1.36.